The lowest BCUT2D eigenvalue weighted by Crippen LogP contribution is -2.37. The molecule has 98 valence electrons. The van der Waals surface area contributed by atoms with Crippen molar-refractivity contribution >= 4 is 22.9 Å². The van der Waals surface area contributed by atoms with E-state index in [0.29, 0.717) is 13.0 Å². The van der Waals surface area contributed by atoms with Crippen molar-refractivity contribution in [2.24, 2.45) is 0 Å². The maximum atomic E-state index is 12.0. The van der Waals surface area contributed by atoms with Crippen LogP contribution in [0.4, 0.5) is 5.69 Å². The van der Waals surface area contributed by atoms with Crippen LogP contribution >= 0.6 is 11.3 Å². The summed E-state index contributed by atoms with van der Waals surface area (Å²) in [5.74, 6) is 0.148. The van der Waals surface area contributed by atoms with E-state index in [-0.39, 0.29) is 11.9 Å². The van der Waals surface area contributed by atoms with Crippen LogP contribution in [0.2, 0.25) is 0 Å². The van der Waals surface area contributed by atoms with E-state index in [1.54, 1.807) is 22.4 Å². The highest BCUT2D eigenvalue weighted by Crippen LogP contribution is 2.33. The van der Waals surface area contributed by atoms with E-state index >= 15 is 0 Å². The average molecular weight is 273 g/mol. The Labute approximate surface area is 116 Å². The molecular weight excluding hydrogens is 258 g/mol. The van der Waals surface area contributed by atoms with Gasteiger partial charge in [0.1, 0.15) is 5.01 Å². The summed E-state index contributed by atoms with van der Waals surface area (Å²) in [5.41, 5.74) is 2.18. The third-order valence-electron chi connectivity index (χ3n) is 3.41. The van der Waals surface area contributed by atoms with Crippen LogP contribution in [-0.2, 0) is 11.3 Å². The zero-order chi connectivity index (χ0) is 13.2. The van der Waals surface area contributed by atoms with E-state index in [4.69, 9.17) is 0 Å². The molecule has 0 fully saturated rings. The number of carbonyl (C=O) groups excluding carboxylic acids is 1. The molecule has 2 aromatic rings. The smallest absolute Gasteiger partial charge is 0.228 e. The number of rotatable bonds is 3. The van der Waals surface area contributed by atoms with E-state index in [2.05, 4.69) is 16.4 Å². The second-order valence-corrected chi connectivity index (χ2v) is 5.55. The normalized spacial score (nSPS) is 18.5. The van der Waals surface area contributed by atoms with Gasteiger partial charge < -0.3 is 10.2 Å². The van der Waals surface area contributed by atoms with Gasteiger partial charge in [0.05, 0.1) is 0 Å². The molecule has 2 heterocycles. The van der Waals surface area contributed by atoms with Crippen molar-refractivity contribution in [2.75, 3.05) is 11.9 Å². The summed E-state index contributed by atoms with van der Waals surface area (Å²) in [6.45, 7) is 0.702. The molecule has 0 radical (unpaired) electrons. The van der Waals surface area contributed by atoms with Gasteiger partial charge in [-0.05, 0) is 11.6 Å². The molecule has 0 saturated carbocycles. The van der Waals surface area contributed by atoms with E-state index < -0.39 is 0 Å². The molecule has 1 amide bonds. The van der Waals surface area contributed by atoms with Gasteiger partial charge in [-0.15, -0.1) is 11.3 Å². The fourth-order valence-electron chi connectivity index (χ4n) is 2.38. The zero-order valence-electron chi connectivity index (χ0n) is 10.7. The van der Waals surface area contributed by atoms with E-state index in [9.17, 15) is 4.79 Å². The predicted octanol–water partition coefficient (Wildman–Crippen LogP) is 2.34. The molecular formula is C14H15N3OS. The van der Waals surface area contributed by atoms with Gasteiger partial charge in [-0.1, -0.05) is 18.2 Å². The molecule has 1 aliphatic heterocycles. The molecule has 4 nitrogen and oxygen atoms in total. The van der Waals surface area contributed by atoms with Gasteiger partial charge in [-0.2, -0.15) is 0 Å². The number of nitrogens with one attached hydrogen (secondary N) is 1. The summed E-state index contributed by atoms with van der Waals surface area (Å²) in [6.07, 6.45) is 2.30. The molecule has 5 heteroatoms. The molecule has 0 aliphatic carbocycles. The number of aromatic nitrogens is 1. The number of nitrogens with zero attached hydrogens (tertiary/aromatic N) is 2. The first-order chi connectivity index (χ1) is 9.25. The quantitative estimate of drug-likeness (QED) is 0.933. The van der Waals surface area contributed by atoms with Crippen molar-refractivity contribution in [3.63, 3.8) is 0 Å². The van der Waals surface area contributed by atoms with Crippen LogP contribution in [-0.4, -0.2) is 17.9 Å². The molecule has 0 saturated heterocycles. The lowest BCUT2D eigenvalue weighted by molar-refractivity contribution is -0.119. The Morgan fingerprint density at radius 2 is 2.32 bits per heavy atom. The van der Waals surface area contributed by atoms with E-state index in [1.807, 2.05) is 30.6 Å². The van der Waals surface area contributed by atoms with Crippen LogP contribution in [0.3, 0.4) is 0 Å². The molecule has 19 heavy (non-hydrogen) atoms. The highest BCUT2D eigenvalue weighted by Gasteiger charge is 2.28. The van der Waals surface area contributed by atoms with Gasteiger partial charge in [0.25, 0.3) is 0 Å². The second kappa shape index (κ2) is 5.11. The summed E-state index contributed by atoms with van der Waals surface area (Å²) < 4.78 is 0. The molecule has 0 bridgehead atoms. The Morgan fingerprint density at radius 3 is 3.11 bits per heavy atom. The van der Waals surface area contributed by atoms with Gasteiger partial charge in [0, 0.05) is 43.3 Å². The van der Waals surface area contributed by atoms with Crippen molar-refractivity contribution < 1.29 is 4.79 Å². The van der Waals surface area contributed by atoms with Crippen molar-refractivity contribution in [1.29, 1.82) is 0 Å². The minimum Gasteiger partial charge on any atom is -0.315 e. The van der Waals surface area contributed by atoms with Gasteiger partial charge in [-0.3, -0.25) is 4.79 Å². The maximum absolute atomic E-state index is 12.0. The number of amides is 1. The largest absolute Gasteiger partial charge is 0.315 e. The highest BCUT2D eigenvalue weighted by atomic mass is 32.1. The average Bonchev–Trinajstić information content (AvgIpc) is 2.95. The standard InChI is InChI=1S/C14H15N3OS/c1-17-12-5-3-2-4-10(12)11(8-14(17)18)16-9-13-15-6-7-19-13/h2-7,11,16H,8-9H2,1H3. The molecule has 1 atom stereocenters. The lowest BCUT2D eigenvalue weighted by Gasteiger charge is -2.32. The third kappa shape index (κ3) is 2.39. The third-order valence-corrected chi connectivity index (χ3v) is 4.19. The second-order valence-electron chi connectivity index (χ2n) is 4.58. The zero-order valence-corrected chi connectivity index (χ0v) is 11.5. The van der Waals surface area contributed by atoms with Crippen molar-refractivity contribution in [3.05, 3.63) is 46.4 Å². The number of carbonyl (C=O) groups is 1. The number of benzene rings is 1. The molecule has 1 aliphatic rings. The summed E-state index contributed by atoms with van der Waals surface area (Å²) in [4.78, 5) is 18.0. The van der Waals surface area contributed by atoms with E-state index in [1.165, 1.54) is 5.56 Å². The molecule has 1 unspecified atom stereocenters. The molecule has 0 spiro atoms. The Morgan fingerprint density at radius 1 is 1.47 bits per heavy atom. The van der Waals surface area contributed by atoms with Gasteiger partial charge in [0.15, 0.2) is 0 Å². The topological polar surface area (TPSA) is 45.2 Å². The Hall–Kier alpha value is -1.72. The Balaban J connectivity index is 1.82. The highest BCUT2D eigenvalue weighted by molar-refractivity contribution is 7.09. The molecule has 3 rings (SSSR count). The summed E-state index contributed by atoms with van der Waals surface area (Å²) in [6, 6.07) is 8.12. The Bertz CT molecular complexity index is 582. The van der Waals surface area contributed by atoms with Crippen LogP contribution in [0, 0.1) is 0 Å². The van der Waals surface area contributed by atoms with Crippen molar-refractivity contribution in [2.45, 2.75) is 19.0 Å². The minimum absolute atomic E-state index is 0.0730. The van der Waals surface area contributed by atoms with E-state index in [0.717, 1.165) is 10.7 Å². The summed E-state index contributed by atoms with van der Waals surface area (Å²) in [7, 11) is 1.83. The van der Waals surface area contributed by atoms with Crippen LogP contribution in [0.25, 0.3) is 0 Å². The first-order valence-corrected chi connectivity index (χ1v) is 7.11. The number of hydrogen-bond donors (Lipinski definition) is 1. The number of hydrogen-bond acceptors (Lipinski definition) is 4. The van der Waals surface area contributed by atoms with Gasteiger partial charge in [-0.25, -0.2) is 4.98 Å². The fourth-order valence-corrected chi connectivity index (χ4v) is 2.94. The molecule has 1 N–H and O–H groups in total. The lowest BCUT2D eigenvalue weighted by atomic mass is 9.96. The van der Waals surface area contributed by atoms with Gasteiger partial charge >= 0.3 is 0 Å². The summed E-state index contributed by atoms with van der Waals surface area (Å²) in [5, 5.41) is 6.44. The Kier molecular flexibility index (Phi) is 3.31. The number of thiazole rings is 1. The number of para-hydroxylation sites is 1. The summed E-state index contributed by atoms with van der Waals surface area (Å²) >= 11 is 1.63. The maximum Gasteiger partial charge on any atom is 0.228 e. The van der Waals surface area contributed by atoms with Crippen LogP contribution in [0.1, 0.15) is 23.0 Å². The van der Waals surface area contributed by atoms with Crippen LogP contribution in [0.5, 0.6) is 0 Å². The fraction of sp³-hybridized carbons (Fsp3) is 0.286. The SMILES string of the molecule is CN1C(=O)CC(NCc2nccs2)c2ccccc21. The van der Waals surface area contributed by atoms with Crippen molar-refractivity contribution in [3.8, 4) is 0 Å². The van der Waals surface area contributed by atoms with Gasteiger partial charge in [0.2, 0.25) is 5.91 Å². The van der Waals surface area contributed by atoms with Crippen molar-refractivity contribution in [1.82, 2.24) is 10.3 Å². The number of fused-ring (bicyclic) bond motifs is 1. The molecule has 1 aromatic heterocycles. The predicted molar refractivity (Wildman–Crippen MR) is 76.2 cm³/mol. The first-order valence-electron chi connectivity index (χ1n) is 6.23. The van der Waals surface area contributed by atoms with Crippen LogP contribution in [0.15, 0.2) is 35.8 Å². The first kappa shape index (κ1) is 12.3. The number of anilines is 1. The molecule has 1 aromatic carbocycles. The minimum atomic E-state index is 0.0730. The van der Waals surface area contributed by atoms with Crippen LogP contribution < -0.4 is 10.2 Å². The monoisotopic (exact) mass is 273 g/mol.